The largest absolute Gasteiger partial charge is 0.373 e. The van der Waals surface area contributed by atoms with Crippen molar-refractivity contribution in [3.8, 4) is 0 Å². The van der Waals surface area contributed by atoms with Crippen LogP contribution in [0.3, 0.4) is 0 Å². The first-order valence-electron chi connectivity index (χ1n) is 6.48. The lowest BCUT2D eigenvalue weighted by Gasteiger charge is -2.54. The van der Waals surface area contributed by atoms with Crippen molar-refractivity contribution in [2.24, 2.45) is 5.41 Å². The van der Waals surface area contributed by atoms with Gasteiger partial charge in [0.25, 0.3) is 0 Å². The SMILES string of the molecule is CO[C@]12CC[C@@]1(C)CC=C2C(=O)c1ccccc1. The standard InChI is InChI=1S/C16H18O2/c1-15-9-8-13(16(15,18-2)11-10-15)14(17)12-6-4-3-5-7-12/h3-8H,9-11H2,1-2H3/t15-,16+/m1/s1. The first kappa shape index (κ1) is 11.7. The molecule has 0 aliphatic heterocycles. The number of carbonyl (C=O) groups is 1. The molecule has 1 aromatic rings. The highest BCUT2D eigenvalue weighted by Gasteiger charge is 2.62. The van der Waals surface area contributed by atoms with Crippen LogP contribution >= 0.6 is 0 Å². The van der Waals surface area contributed by atoms with Gasteiger partial charge in [-0.25, -0.2) is 0 Å². The van der Waals surface area contributed by atoms with Crippen molar-refractivity contribution in [2.45, 2.75) is 31.8 Å². The van der Waals surface area contributed by atoms with Crippen molar-refractivity contribution in [2.75, 3.05) is 7.11 Å². The van der Waals surface area contributed by atoms with Crippen LogP contribution in [-0.4, -0.2) is 18.5 Å². The van der Waals surface area contributed by atoms with Crippen LogP contribution < -0.4 is 0 Å². The summed E-state index contributed by atoms with van der Waals surface area (Å²) in [6.45, 7) is 2.22. The minimum atomic E-state index is -0.333. The highest BCUT2D eigenvalue weighted by Crippen LogP contribution is 2.62. The fraction of sp³-hybridized carbons (Fsp3) is 0.438. The van der Waals surface area contributed by atoms with Gasteiger partial charge in [-0.3, -0.25) is 4.79 Å². The first-order valence-corrected chi connectivity index (χ1v) is 6.48. The molecule has 1 saturated carbocycles. The number of allylic oxidation sites excluding steroid dienone is 1. The molecule has 0 saturated heterocycles. The minimum absolute atomic E-state index is 0.126. The van der Waals surface area contributed by atoms with E-state index in [1.807, 2.05) is 30.3 Å². The molecule has 2 aliphatic rings. The molecular formula is C16H18O2. The second kappa shape index (κ2) is 3.79. The summed E-state index contributed by atoms with van der Waals surface area (Å²) in [5.41, 5.74) is 1.42. The first-order chi connectivity index (χ1) is 8.63. The third-order valence-electron chi connectivity index (χ3n) is 4.82. The second-order valence-corrected chi connectivity index (χ2v) is 5.61. The van der Waals surface area contributed by atoms with Crippen molar-refractivity contribution < 1.29 is 9.53 Å². The number of hydrogen-bond acceptors (Lipinski definition) is 2. The number of benzene rings is 1. The van der Waals surface area contributed by atoms with E-state index in [4.69, 9.17) is 4.74 Å². The Morgan fingerprint density at radius 3 is 2.50 bits per heavy atom. The Labute approximate surface area is 108 Å². The van der Waals surface area contributed by atoms with E-state index < -0.39 is 0 Å². The molecule has 2 nitrogen and oxygen atoms in total. The van der Waals surface area contributed by atoms with Gasteiger partial charge in [-0.2, -0.15) is 0 Å². The highest BCUT2D eigenvalue weighted by molar-refractivity contribution is 6.10. The molecule has 0 radical (unpaired) electrons. The van der Waals surface area contributed by atoms with Gasteiger partial charge < -0.3 is 4.74 Å². The molecule has 0 N–H and O–H groups in total. The van der Waals surface area contributed by atoms with E-state index in [-0.39, 0.29) is 16.8 Å². The van der Waals surface area contributed by atoms with Gasteiger partial charge in [0.15, 0.2) is 5.78 Å². The number of carbonyl (C=O) groups excluding carboxylic acids is 1. The second-order valence-electron chi connectivity index (χ2n) is 5.61. The average molecular weight is 242 g/mol. The maximum Gasteiger partial charge on any atom is 0.191 e. The third kappa shape index (κ3) is 1.30. The molecule has 0 spiro atoms. The molecule has 0 amide bonds. The Morgan fingerprint density at radius 2 is 1.94 bits per heavy atom. The summed E-state index contributed by atoms with van der Waals surface area (Å²) >= 11 is 0. The molecule has 0 bridgehead atoms. The van der Waals surface area contributed by atoms with E-state index in [9.17, 15) is 4.79 Å². The number of rotatable bonds is 3. The highest BCUT2D eigenvalue weighted by atomic mass is 16.5. The zero-order valence-corrected chi connectivity index (χ0v) is 10.9. The molecule has 3 rings (SSSR count). The Bertz CT molecular complexity index is 513. The van der Waals surface area contributed by atoms with Crippen LogP contribution in [0.4, 0.5) is 0 Å². The molecule has 0 aromatic heterocycles. The number of methoxy groups -OCH3 is 1. The van der Waals surface area contributed by atoms with Crippen LogP contribution in [0.1, 0.15) is 36.5 Å². The Morgan fingerprint density at radius 1 is 1.22 bits per heavy atom. The zero-order chi connectivity index (χ0) is 12.8. The quantitative estimate of drug-likeness (QED) is 0.759. The fourth-order valence-corrected chi connectivity index (χ4v) is 3.48. The van der Waals surface area contributed by atoms with Crippen molar-refractivity contribution in [3.05, 3.63) is 47.5 Å². The molecule has 94 valence electrons. The van der Waals surface area contributed by atoms with Crippen molar-refractivity contribution >= 4 is 5.78 Å². The van der Waals surface area contributed by atoms with Crippen LogP contribution in [0.25, 0.3) is 0 Å². The summed E-state index contributed by atoms with van der Waals surface area (Å²) in [6, 6.07) is 9.49. The van der Waals surface area contributed by atoms with Gasteiger partial charge in [0.1, 0.15) is 5.60 Å². The minimum Gasteiger partial charge on any atom is -0.373 e. The lowest BCUT2D eigenvalue weighted by Crippen LogP contribution is -2.56. The molecule has 2 atom stereocenters. The van der Waals surface area contributed by atoms with Crippen molar-refractivity contribution in [1.82, 2.24) is 0 Å². The van der Waals surface area contributed by atoms with Crippen LogP contribution in [0.2, 0.25) is 0 Å². The molecule has 1 fully saturated rings. The molecule has 18 heavy (non-hydrogen) atoms. The molecular weight excluding hydrogens is 224 g/mol. The predicted molar refractivity (Wildman–Crippen MR) is 70.6 cm³/mol. The Hall–Kier alpha value is -1.41. The summed E-state index contributed by atoms with van der Waals surface area (Å²) in [4.78, 5) is 12.6. The van der Waals surface area contributed by atoms with Gasteiger partial charge in [-0.05, 0) is 19.3 Å². The summed E-state index contributed by atoms with van der Waals surface area (Å²) in [7, 11) is 1.73. The smallest absolute Gasteiger partial charge is 0.191 e. The Kier molecular flexibility index (Phi) is 2.46. The van der Waals surface area contributed by atoms with Gasteiger partial charge in [0, 0.05) is 23.7 Å². The normalized spacial score (nSPS) is 33.6. The number of Topliss-reactive ketones (excluding diaryl/α,β-unsaturated/α-hetero) is 1. The van der Waals surface area contributed by atoms with E-state index in [0.29, 0.717) is 0 Å². The van der Waals surface area contributed by atoms with Crippen LogP contribution in [0.15, 0.2) is 42.0 Å². The lowest BCUT2D eigenvalue weighted by molar-refractivity contribution is -0.139. The lowest BCUT2D eigenvalue weighted by atomic mass is 9.56. The van der Waals surface area contributed by atoms with Gasteiger partial charge in [-0.1, -0.05) is 43.3 Å². The van der Waals surface area contributed by atoms with E-state index in [1.54, 1.807) is 7.11 Å². The van der Waals surface area contributed by atoms with Crippen LogP contribution in [-0.2, 0) is 4.74 Å². The van der Waals surface area contributed by atoms with Gasteiger partial charge >= 0.3 is 0 Å². The summed E-state index contributed by atoms with van der Waals surface area (Å²) in [5.74, 6) is 0.126. The summed E-state index contributed by atoms with van der Waals surface area (Å²) in [6.07, 6.45) is 5.15. The van der Waals surface area contributed by atoms with Crippen LogP contribution in [0, 0.1) is 5.41 Å². The molecule has 0 unspecified atom stereocenters. The molecule has 1 aromatic carbocycles. The van der Waals surface area contributed by atoms with Gasteiger partial charge in [0.2, 0.25) is 0 Å². The van der Waals surface area contributed by atoms with Crippen molar-refractivity contribution in [1.29, 1.82) is 0 Å². The maximum atomic E-state index is 12.6. The van der Waals surface area contributed by atoms with E-state index >= 15 is 0 Å². The summed E-state index contributed by atoms with van der Waals surface area (Å²) in [5, 5.41) is 0. The van der Waals surface area contributed by atoms with E-state index in [1.165, 1.54) is 0 Å². The van der Waals surface area contributed by atoms with Crippen LogP contribution in [0.5, 0.6) is 0 Å². The number of fused-ring (bicyclic) bond motifs is 1. The summed E-state index contributed by atoms with van der Waals surface area (Å²) < 4.78 is 5.77. The molecule has 2 aliphatic carbocycles. The molecule has 0 heterocycles. The Balaban J connectivity index is 1.97. The molecule has 2 heteroatoms. The monoisotopic (exact) mass is 242 g/mol. The van der Waals surface area contributed by atoms with Crippen molar-refractivity contribution in [3.63, 3.8) is 0 Å². The maximum absolute atomic E-state index is 12.6. The average Bonchev–Trinajstić information content (AvgIpc) is 2.60. The topological polar surface area (TPSA) is 26.3 Å². The third-order valence-corrected chi connectivity index (χ3v) is 4.82. The van der Waals surface area contributed by atoms with Gasteiger partial charge in [0.05, 0.1) is 0 Å². The zero-order valence-electron chi connectivity index (χ0n) is 10.9. The van der Waals surface area contributed by atoms with E-state index in [0.717, 1.165) is 30.4 Å². The van der Waals surface area contributed by atoms with E-state index in [2.05, 4.69) is 13.0 Å². The number of ketones is 1. The number of ether oxygens (including phenoxy) is 1. The fourth-order valence-electron chi connectivity index (χ4n) is 3.48. The number of hydrogen-bond donors (Lipinski definition) is 0. The van der Waals surface area contributed by atoms with Gasteiger partial charge in [-0.15, -0.1) is 0 Å². The predicted octanol–water partition coefficient (Wildman–Crippen LogP) is 3.38.